The van der Waals surface area contributed by atoms with Crippen molar-refractivity contribution < 1.29 is 9.84 Å². The van der Waals surface area contributed by atoms with Crippen LogP contribution in [-0.2, 0) is 6.42 Å². The summed E-state index contributed by atoms with van der Waals surface area (Å²) >= 11 is 1.58. The molecule has 5 heteroatoms. The van der Waals surface area contributed by atoms with Crippen molar-refractivity contribution in [1.29, 1.82) is 0 Å². The van der Waals surface area contributed by atoms with Crippen LogP contribution in [0.4, 0.5) is 10.8 Å². The Hall–Kier alpha value is -1.59. The molecule has 0 saturated heterocycles. The molecule has 106 valence electrons. The zero-order valence-electron chi connectivity index (χ0n) is 11.7. The molecule has 0 spiro atoms. The summed E-state index contributed by atoms with van der Waals surface area (Å²) in [5, 5.41) is 11.0. The van der Waals surface area contributed by atoms with Gasteiger partial charge in [0.1, 0.15) is 5.75 Å². The molecule has 0 fully saturated rings. The van der Waals surface area contributed by atoms with Crippen molar-refractivity contribution in [3.8, 4) is 5.75 Å². The second kappa shape index (κ2) is 5.42. The van der Waals surface area contributed by atoms with E-state index in [-0.39, 0.29) is 6.10 Å². The minimum Gasteiger partial charge on any atom is -0.497 e. The molecule has 1 unspecified atom stereocenters. The quantitative estimate of drug-likeness (QED) is 0.942. The third kappa shape index (κ3) is 2.39. The fourth-order valence-electron chi connectivity index (χ4n) is 2.46. The minimum atomic E-state index is -0.344. The number of nitrogens with zero attached hydrogens (tertiary/aromatic N) is 2. The summed E-state index contributed by atoms with van der Waals surface area (Å²) in [6.45, 7) is 0. The van der Waals surface area contributed by atoms with Gasteiger partial charge in [-0.1, -0.05) is 17.4 Å². The number of methoxy groups -OCH3 is 1. The monoisotopic (exact) mass is 290 g/mol. The lowest BCUT2D eigenvalue weighted by atomic mass is 10.0. The Labute approximate surface area is 122 Å². The van der Waals surface area contributed by atoms with Crippen molar-refractivity contribution in [2.75, 3.05) is 19.1 Å². The first-order chi connectivity index (χ1) is 9.69. The van der Waals surface area contributed by atoms with Gasteiger partial charge in [0.05, 0.1) is 23.8 Å². The number of anilines is 2. The molecular formula is C15H18N2O2S. The SMILES string of the molecule is COc1cccc(N(C)c2nc3c(s2)C(O)CCC3)c1. The highest BCUT2D eigenvalue weighted by Crippen LogP contribution is 2.39. The number of ether oxygens (including phenoxy) is 1. The number of rotatable bonds is 3. The lowest BCUT2D eigenvalue weighted by Gasteiger charge is -2.16. The fraction of sp³-hybridized carbons (Fsp3) is 0.400. The Morgan fingerprint density at radius 1 is 1.45 bits per heavy atom. The first kappa shape index (κ1) is 13.4. The average Bonchev–Trinajstić information content (AvgIpc) is 2.92. The summed E-state index contributed by atoms with van der Waals surface area (Å²) in [5.41, 5.74) is 2.09. The Bertz CT molecular complexity index is 612. The molecule has 1 aliphatic carbocycles. The first-order valence-corrected chi connectivity index (χ1v) is 7.56. The maximum absolute atomic E-state index is 10.0. The zero-order valence-corrected chi connectivity index (χ0v) is 12.5. The predicted molar refractivity (Wildman–Crippen MR) is 81.1 cm³/mol. The number of benzene rings is 1. The molecule has 4 nitrogen and oxygen atoms in total. The van der Waals surface area contributed by atoms with Gasteiger partial charge in [-0.3, -0.25) is 0 Å². The maximum Gasteiger partial charge on any atom is 0.190 e. The van der Waals surface area contributed by atoms with E-state index in [0.29, 0.717) is 0 Å². The number of aryl methyl sites for hydroxylation is 1. The first-order valence-electron chi connectivity index (χ1n) is 6.74. The van der Waals surface area contributed by atoms with Gasteiger partial charge in [0, 0.05) is 18.8 Å². The third-order valence-electron chi connectivity index (χ3n) is 3.64. The molecule has 0 saturated carbocycles. The topological polar surface area (TPSA) is 45.6 Å². The van der Waals surface area contributed by atoms with Crippen molar-refractivity contribution in [3.05, 3.63) is 34.8 Å². The van der Waals surface area contributed by atoms with Crippen LogP contribution in [0.3, 0.4) is 0 Å². The second-order valence-electron chi connectivity index (χ2n) is 4.98. The molecule has 1 heterocycles. The van der Waals surface area contributed by atoms with Crippen LogP contribution < -0.4 is 9.64 Å². The number of hydrogen-bond acceptors (Lipinski definition) is 5. The van der Waals surface area contributed by atoms with Crippen molar-refractivity contribution in [1.82, 2.24) is 4.98 Å². The highest BCUT2D eigenvalue weighted by Gasteiger charge is 2.24. The molecule has 3 rings (SSSR count). The molecule has 0 bridgehead atoms. The van der Waals surface area contributed by atoms with Crippen LogP contribution in [0.25, 0.3) is 0 Å². The maximum atomic E-state index is 10.0. The van der Waals surface area contributed by atoms with Crippen molar-refractivity contribution >= 4 is 22.2 Å². The summed E-state index contributed by atoms with van der Waals surface area (Å²) in [6.07, 6.45) is 2.48. The zero-order chi connectivity index (χ0) is 14.1. The average molecular weight is 290 g/mol. The van der Waals surface area contributed by atoms with Crippen LogP contribution >= 0.6 is 11.3 Å². The lowest BCUT2D eigenvalue weighted by molar-refractivity contribution is 0.160. The molecule has 0 radical (unpaired) electrons. The number of aliphatic hydroxyl groups excluding tert-OH is 1. The number of thiazole rings is 1. The summed E-state index contributed by atoms with van der Waals surface area (Å²) in [7, 11) is 3.66. The van der Waals surface area contributed by atoms with Gasteiger partial charge >= 0.3 is 0 Å². The Morgan fingerprint density at radius 2 is 2.30 bits per heavy atom. The Morgan fingerprint density at radius 3 is 3.05 bits per heavy atom. The van der Waals surface area contributed by atoms with Crippen LogP contribution in [0.1, 0.15) is 29.5 Å². The number of aromatic nitrogens is 1. The largest absolute Gasteiger partial charge is 0.497 e. The van der Waals surface area contributed by atoms with Crippen LogP contribution in [0.2, 0.25) is 0 Å². The molecule has 1 N–H and O–H groups in total. The number of hydrogen-bond donors (Lipinski definition) is 1. The molecule has 20 heavy (non-hydrogen) atoms. The molecule has 1 atom stereocenters. The molecular weight excluding hydrogens is 272 g/mol. The summed E-state index contributed by atoms with van der Waals surface area (Å²) in [4.78, 5) is 7.75. The van der Waals surface area contributed by atoms with E-state index in [1.165, 1.54) is 0 Å². The van der Waals surface area contributed by atoms with E-state index in [4.69, 9.17) is 4.74 Å². The van der Waals surface area contributed by atoms with E-state index in [2.05, 4.69) is 4.98 Å². The highest BCUT2D eigenvalue weighted by atomic mass is 32.1. The van der Waals surface area contributed by atoms with Gasteiger partial charge in [0.2, 0.25) is 0 Å². The van der Waals surface area contributed by atoms with Gasteiger partial charge in [-0.15, -0.1) is 0 Å². The Kier molecular flexibility index (Phi) is 3.63. The van der Waals surface area contributed by atoms with Crippen LogP contribution in [0.5, 0.6) is 5.75 Å². The van der Waals surface area contributed by atoms with Crippen molar-refractivity contribution in [2.24, 2.45) is 0 Å². The van der Waals surface area contributed by atoms with Crippen LogP contribution in [-0.4, -0.2) is 24.2 Å². The lowest BCUT2D eigenvalue weighted by Crippen LogP contribution is -2.09. The van der Waals surface area contributed by atoms with Gasteiger partial charge in [0.15, 0.2) is 5.13 Å². The molecule has 0 aliphatic heterocycles. The van der Waals surface area contributed by atoms with Gasteiger partial charge in [-0.05, 0) is 31.4 Å². The number of aliphatic hydroxyl groups is 1. The van der Waals surface area contributed by atoms with Crippen LogP contribution in [0, 0.1) is 0 Å². The second-order valence-corrected chi connectivity index (χ2v) is 5.99. The van der Waals surface area contributed by atoms with Gasteiger partial charge < -0.3 is 14.7 Å². The molecule has 2 aromatic rings. The molecule has 1 aliphatic rings. The molecule has 0 amide bonds. The minimum absolute atomic E-state index is 0.344. The van der Waals surface area contributed by atoms with Gasteiger partial charge in [0.25, 0.3) is 0 Å². The van der Waals surface area contributed by atoms with Gasteiger partial charge in [-0.25, -0.2) is 4.98 Å². The standard InChI is InChI=1S/C15H18N2O2S/c1-17(10-5-3-6-11(9-10)19-2)15-16-12-7-4-8-13(18)14(12)20-15/h3,5-6,9,13,18H,4,7-8H2,1-2H3. The van der Waals surface area contributed by atoms with E-state index < -0.39 is 0 Å². The van der Waals surface area contributed by atoms with E-state index >= 15 is 0 Å². The smallest absolute Gasteiger partial charge is 0.190 e. The molecule has 1 aromatic carbocycles. The van der Waals surface area contributed by atoms with Crippen molar-refractivity contribution in [3.63, 3.8) is 0 Å². The predicted octanol–water partition coefficient (Wildman–Crippen LogP) is 3.29. The highest BCUT2D eigenvalue weighted by molar-refractivity contribution is 7.15. The summed E-state index contributed by atoms with van der Waals surface area (Å²) < 4.78 is 5.26. The normalized spacial score (nSPS) is 17.6. The Balaban J connectivity index is 1.92. The third-order valence-corrected chi connectivity index (χ3v) is 4.91. The van der Waals surface area contributed by atoms with Crippen molar-refractivity contribution in [2.45, 2.75) is 25.4 Å². The number of fused-ring (bicyclic) bond motifs is 1. The van der Waals surface area contributed by atoms with Crippen LogP contribution in [0.15, 0.2) is 24.3 Å². The molecule has 1 aromatic heterocycles. The summed E-state index contributed by atoms with van der Waals surface area (Å²) in [6, 6.07) is 7.90. The van der Waals surface area contributed by atoms with E-state index in [1.54, 1.807) is 18.4 Å². The van der Waals surface area contributed by atoms with E-state index in [9.17, 15) is 5.11 Å². The van der Waals surface area contributed by atoms with Gasteiger partial charge in [-0.2, -0.15) is 0 Å². The summed E-state index contributed by atoms with van der Waals surface area (Å²) in [5.74, 6) is 0.829. The van der Waals surface area contributed by atoms with E-state index in [1.807, 2.05) is 36.2 Å². The van der Waals surface area contributed by atoms with E-state index in [0.717, 1.165) is 46.4 Å². The fourth-order valence-corrected chi connectivity index (χ4v) is 3.57.